The van der Waals surface area contributed by atoms with Crippen LogP contribution < -0.4 is 20.9 Å². The van der Waals surface area contributed by atoms with Crippen molar-refractivity contribution >= 4 is 22.4 Å². The molecular weight excluding hydrogens is 368 g/mol. The summed E-state index contributed by atoms with van der Waals surface area (Å²) in [6.07, 6.45) is 0. The van der Waals surface area contributed by atoms with Gasteiger partial charge in [-0.1, -0.05) is 30.3 Å². The summed E-state index contributed by atoms with van der Waals surface area (Å²) in [7, 11) is 4.01. The number of benzene rings is 1. The molecule has 6 nitrogen and oxygen atoms in total. The van der Waals surface area contributed by atoms with Crippen LogP contribution in [0.5, 0.6) is 0 Å². The molecule has 7 heteroatoms. The predicted molar refractivity (Wildman–Crippen MR) is 121 cm³/mol. The Balaban J connectivity index is 1.92. The minimum Gasteiger partial charge on any atom is -0.357 e. The molecule has 1 aromatic carbocycles. The van der Waals surface area contributed by atoms with Gasteiger partial charge in [-0.05, 0) is 33.3 Å². The first-order valence-electron chi connectivity index (χ1n) is 9.77. The van der Waals surface area contributed by atoms with Crippen LogP contribution >= 0.6 is 11.3 Å². The van der Waals surface area contributed by atoms with E-state index in [1.807, 2.05) is 25.1 Å². The fourth-order valence-corrected chi connectivity index (χ4v) is 3.59. The fourth-order valence-electron chi connectivity index (χ4n) is 2.84. The van der Waals surface area contributed by atoms with Crippen molar-refractivity contribution in [2.75, 3.05) is 32.1 Å². The van der Waals surface area contributed by atoms with Crippen molar-refractivity contribution in [2.45, 2.75) is 45.8 Å². The Morgan fingerprint density at radius 1 is 1.21 bits per heavy atom. The molecule has 1 heterocycles. The van der Waals surface area contributed by atoms with Crippen molar-refractivity contribution in [3.8, 4) is 0 Å². The largest absolute Gasteiger partial charge is 0.357 e. The highest BCUT2D eigenvalue weighted by Crippen LogP contribution is 2.18. The third-order valence-electron chi connectivity index (χ3n) is 4.27. The molecule has 0 aliphatic rings. The Labute approximate surface area is 173 Å². The number of nitrogens with one attached hydrogen (secondary N) is 3. The molecule has 0 saturated heterocycles. The van der Waals surface area contributed by atoms with Gasteiger partial charge in [-0.25, -0.2) is 9.98 Å². The normalized spacial score (nSPS) is 13.3. The van der Waals surface area contributed by atoms with Crippen LogP contribution in [0.4, 0.5) is 5.13 Å². The third kappa shape index (κ3) is 7.13. The summed E-state index contributed by atoms with van der Waals surface area (Å²) in [5.41, 5.74) is 2.18. The summed E-state index contributed by atoms with van der Waals surface area (Å²) in [6, 6.07) is 10.8. The average molecular weight is 403 g/mol. The molecule has 0 amide bonds. The standard InChI is InChI=1S/C21H34N6S/c1-7-22-19(23-13-18-14-28-20(25-18)27(5)6)24-15-21(3,4)26-16(2)17-11-9-8-10-12-17/h8-12,14,16,26H,7,13,15H2,1-6H3,(H2,22,23,24). The van der Waals surface area contributed by atoms with Crippen LogP contribution in [0.3, 0.4) is 0 Å². The number of nitrogens with zero attached hydrogens (tertiary/aromatic N) is 3. The third-order valence-corrected chi connectivity index (χ3v) is 5.33. The first-order chi connectivity index (χ1) is 13.3. The van der Waals surface area contributed by atoms with E-state index in [0.717, 1.165) is 29.9 Å². The van der Waals surface area contributed by atoms with Gasteiger partial charge >= 0.3 is 0 Å². The zero-order valence-electron chi connectivity index (χ0n) is 17.9. The van der Waals surface area contributed by atoms with E-state index in [9.17, 15) is 0 Å². The Bertz CT molecular complexity index is 738. The zero-order chi connectivity index (χ0) is 20.6. The van der Waals surface area contributed by atoms with Gasteiger partial charge in [0.25, 0.3) is 0 Å². The molecule has 0 aliphatic carbocycles. The SMILES string of the molecule is CCNC(=NCc1csc(N(C)C)n1)NCC(C)(C)NC(C)c1ccccc1. The second kappa shape index (κ2) is 10.4. The quantitative estimate of drug-likeness (QED) is 0.443. The molecule has 2 rings (SSSR count). The highest BCUT2D eigenvalue weighted by atomic mass is 32.1. The van der Waals surface area contributed by atoms with Crippen LogP contribution in [0.25, 0.3) is 0 Å². The summed E-state index contributed by atoms with van der Waals surface area (Å²) < 4.78 is 0. The van der Waals surface area contributed by atoms with Crippen molar-refractivity contribution in [2.24, 2.45) is 4.99 Å². The molecule has 1 unspecified atom stereocenters. The Kier molecular flexibility index (Phi) is 8.26. The van der Waals surface area contributed by atoms with Gasteiger partial charge in [-0.3, -0.25) is 0 Å². The number of thiazole rings is 1. The molecule has 0 fully saturated rings. The van der Waals surface area contributed by atoms with Gasteiger partial charge in [-0.15, -0.1) is 11.3 Å². The molecule has 0 saturated carbocycles. The van der Waals surface area contributed by atoms with Gasteiger partial charge < -0.3 is 20.9 Å². The summed E-state index contributed by atoms with van der Waals surface area (Å²) in [4.78, 5) is 11.3. The van der Waals surface area contributed by atoms with Crippen molar-refractivity contribution in [3.05, 3.63) is 47.0 Å². The lowest BCUT2D eigenvalue weighted by molar-refractivity contribution is 0.345. The van der Waals surface area contributed by atoms with Gasteiger partial charge in [0.05, 0.1) is 12.2 Å². The van der Waals surface area contributed by atoms with Crippen molar-refractivity contribution in [3.63, 3.8) is 0 Å². The second-order valence-electron chi connectivity index (χ2n) is 7.73. The molecule has 0 spiro atoms. The molecular formula is C21H34N6S. The van der Waals surface area contributed by atoms with Crippen molar-refractivity contribution < 1.29 is 0 Å². The number of rotatable bonds is 9. The highest BCUT2D eigenvalue weighted by molar-refractivity contribution is 7.13. The van der Waals surface area contributed by atoms with Crippen LogP contribution in [0, 0.1) is 0 Å². The molecule has 28 heavy (non-hydrogen) atoms. The number of hydrogen-bond donors (Lipinski definition) is 3. The van der Waals surface area contributed by atoms with E-state index in [4.69, 9.17) is 0 Å². The highest BCUT2D eigenvalue weighted by Gasteiger charge is 2.21. The van der Waals surface area contributed by atoms with Gasteiger partial charge in [0, 0.05) is 44.1 Å². The van der Waals surface area contributed by atoms with Crippen LogP contribution in [0.15, 0.2) is 40.7 Å². The molecule has 1 atom stereocenters. The van der Waals surface area contributed by atoms with E-state index >= 15 is 0 Å². The van der Waals surface area contributed by atoms with Crippen molar-refractivity contribution in [1.29, 1.82) is 0 Å². The number of aliphatic imine (C=N–C) groups is 1. The van der Waals surface area contributed by atoms with E-state index < -0.39 is 0 Å². The topological polar surface area (TPSA) is 64.6 Å². The number of aromatic nitrogens is 1. The zero-order valence-corrected chi connectivity index (χ0v) is 18.7. The predicted octanol–water partition coefficient (Wildman–Crippen LogP) is 3.39. The first-order valence-corrected chi connectivity index (χ1v) is 10.6. The maximum absolute atomic E-state index is 4.69. The fraction of sp³-hybridized carbons (Fsp3) is 0.524. The monoisotopic (exact) mass is 402 g/mol. The van der Waals surface area contributed by atoms with E-state index in [1.54, 1.807) is 11.3 Å². The minimum atomic E-state index is -0.0931. The summed E-state index contributed by atoms with van der Waals surface area (Å²) in [6.45, 7) is 10.8. The Morgan fingerprint density at radius 2 is 1.93 bits per heavy atom. The van der Waals surface area contributed by atoms with Crippen LogP contribution in [0.2, 0.25) is 0 Å². The van der Waals surface area contributed by atoms with Crippen LogP contribution in [-0.4, -0.2) is 43.7 Å². The van der Waals surface area contributed by atoms with E-state index in [1.165, 1.54) is 5.56 Å². The second-order valence-corrected chi connectivity index (χ2v) is 8.56. The lowest BCUT2D eigenvalue weighted by atomic mass is 10.0. The lowest BCUT2D eigenvalue weighted by Gasteiger charge is -2.31. The number of anilines is 1. The molecule has 154 valence electrons. The Hall–Kier alpha value is -2.12. The van der Waals surface area contributed by atoms with Crippen molar-refractivity contribution in [1.82, 2.24) is 20.9 Å². The molecule has 3 N–H and O–H groups in total. The molecule has 0 radical (unpaired) electrons. The lowest BCUT2D eigenvalue weighted by Crippen LogP contribution is -2.52. The van der Waals surface area contributed by atoms with E-state index in [-0.39, 0.29) is 11.6 Å². The smallest absolute Gasteiger partial charge is 0.191 e. The Morgan fingerprint density at radius 3 is 2.54 bits per heavy atom. The van der Waals surface area contributed by atoms with Gasteiger partial charge in [0.2, 0.25) is 0 Å². The average Bonchev–Trinajstić information content (AvgIpc) is 3.14. The maximum atomic E-state index is 4.69. The van der Waals surface area contributed by atoms with Crippen LogP contribution in [0.1, 0.15) is 45.0 Å². The van der Waals surface area contributed by atoms with Gasteiger partial charge in [-0.2, -0.15) is 0 Å². The minimum absolute atomic E-state index is 0.0931. The van der Waals surface area contributed by atoms with E-state index in [2.05, 4.69) is 83.3 Å². The number of guanidine groups is 1. The molecule has 0 bridgehead atoms. The van der Waals surface area contributed by atoms with Gasteiger partial charge in [0.1, 0.15) is 0 Å². The van der Waals surface area contributed by atoms with E-state index in [0.29, 0.717) is 6.54 Å². The summed E-state index contributed by atoms with van der Waals surface area (Å²) in [5.74, 6) is 0.809. The number of hydrogen-bond acceptors (Lipinski definition) is 5. The molecule has 0 aliphatic heterocycles. The summed E-state index contributed by atoms with van der Waals surface area (Å²) >= 11 is 1.64. The first kappa shape index (κ1) is 22.2. The van der Waals surface area contributed by atoms with Crippen LogP contribution in [-0.2, 0) is 6.54 Å². The maximum Gasteiger partial charge on any atom is 0.191 e. The molecule has 1 aromatic heterocycles. The van der Waals surface area contributed by atoms with Gasteiger partial charge in [0.15, 0.2) is 11.1 Å². The molecule has 2 aromatic rings. The summed E-state index contributed by atoms with van der Waals surface area (Å²) in [5, 5.41) is 13.5.